The lowest BCUT2D eigenvalue weighted by molar-refractivity contribution is -0.114. The zero-order chi connectivity index (χ0) is 19.2. The van der Waals surface area contributed by atoms with Crippen molar-refractivity contribution in [2.75, 3.05) is 7.11 Å². The van der Waals surface area contributed by atoms with Gasteiger partial charge in [0, 0.05) is 0 Å². The zero-order valence-electron chi connectivity index (χ0n) is 14.8. The Morgan fingerprint density at radius 3 is 2.63 bits per heavy atom. The van der Waals surface area contributed by atoms with E-state index in [-0.39, 0.29) is 5.57 Å². The van der Waals surface area contributed by atoms with Gasteiger partial charge in [0.1, 0.15) is 18.2 Å². The van der Waals surface area contributed by atoms with Crippen molar-refractivity contribution in [3.63, 3.8) is 0 Å². The third-order valence-electron chi connectivity index (χ3n) is 4.15. The normalized spacial score (nSPS) is 11.0. The van der Waals surface area contributed by atoms with E-state index in [1.165, 1.54) is 13.2 Å². The second-order valence-electron chi connectivity index (χ2n) is 5.87. The summed E-state index contributed by atoms with van der Waals surface area (Å²) in [4.78, 5) is 11.2. The van der Waals surface area contributed by atoms with Crippen molar-refractivity contribution < 1.29 is 14.3 Å². The molecule has 3 aromatic rings. The van der Waals surface area contributed by atoms with Gasteiger partial charge < -0.3 is 15.2 Å². The first-order chi connectivity index (χ1) is 13.1. The van der Waals surface area contributed by atoms with Crippen LogP contribution in [-0.4, -0.2) is 13.0 Å². The average Bonchev–Trinajstić information content (AvgIpc) is 2.70. The van der Waals surface area contributed by atoms with Crippen LogP contribution in [0.3, 0.4) is 0 Å². The van der Waals surface area contributed by atoms with Gasteiger partial charge in [-0.15, -0.1) is 0 Å². The predicted octanol–water partition coefficient (Wildman–Crippen LogP) is 3.82. The van der Waals surface area contributed by atoms with Crippen LogP contribution < -0.4 is 15.2 Å². The van der Waals surface area contributed by atoms with E-state index in [1.54, 1.807) is 24.3 Å². The number of ether oxygens (including phenoxy) is 2. The minimum absolute atomic E-state index is 0.124. The molecule has 0 radical (unpaired) electrons. The lowest BCUT2D eigenvalue weighted by atomic mass is 10.1. The van der Waals surface area contributed by atoms with Gasteiger partial charge in [0.25, 0.3) is 5.91 Å². The van der Waals surface area contributed by atoms with Gasteiger partial charge in [-0.3, -0.25) is 4.79 Å². The van der Waals surface area contributed by atoms with Gasteiger partial charge in [-0.2, -0.15) is 5.26 Å². The van der Waals surface area contributed by atoms with Gasteiger partial charge in [0.05, 0.1) is 7.11 Å². The van der Waals surface area contributed by atoms with E-state index in [4.69, 9.17) is 20.5 Å². The number of hydrogen-bond acceptors (Lipinski definition) is 4. The number of nitrogens with two attached hydrogens (primary N) is 1. The van der Waals surface area contributed by atoms with Crippen molar-refractivity contribution in [2.24, 2.45) is 5.73 Å². The molecule has 0 saturated carbocycles. The number of carbonyl (C=O) groups is 1. The molecule has 0 atom stereocenters. The Kier molecular flexibility index (Phi) is 5.38. The first kappa shape index (κ1) is 18.0. The molecule has 2 N–H and O–H groups in total. The molecule has 0 aliphatic carbocycles. The van der Waals surface area contributed by atoms with Crippen molar-refractivity contribution in [2.45, 2.75) is 6.61 Å². The maximum absolute atomic E-state index is 11.2. The number of nitriles is 1. The standard InChI is InChI=1S/C22H18N2O3/c1-26-21-12-15(11-18(13-23)22(24)25)9-10-20(21)27-14-17-7-4-6-16-5-2-3-8-19(16)17/h2-12H,14H2,1H3,(H2,24,25)/b18-11+. The molecule has 0 saturated heterocycles. The summed E-state index contributed by atoms with van der Waals surface area (Å²) < 4.78 is 11.3. The van der Waals surface area contributed by atoms with Crippen molar-refractivity contribution in [3.8, 4) is 17.6 Å². The average molecular weight is 358 g/mol. The molecule has 0 spiro atoms. The maximum Gasteiger partial charge on any atom is 0.259 e. The fourth-order valence-corrected chi connectivity index (χ4v) is 2.79. The molecule has 5 nitrogen and oxygen atoms in total. The molecule has 0 aliphatic rings. The molecule has 134 valence electrons. The van der Waals surface area contributed by atoms with Crippen LogP contribution in [0.15, 0.2) is 66.2 Å². The van der Waals surface area contributed by atoms with Crippen molar-refractivity contribution >= 4 is 22.8 Å². The van der Waals surface area contributed by atoms with Crippen molar-refractivity contribution in [1.29, 1.82) is 5.26 Å². The monoisotopic (exact) mass is 358 g/mol. The van der Waals surface area contributed by atoms with Gasteiger partial charge in [-0.05, 0) is 40.1 Å². The van der Waals surface area contributed by atoms with Crippen LogP contribution >= 0.6 is 0 Å². The minimum Gasteiger partial charge on any atom is -0.493 e. The quantitative estimate of drug-likeness (QED) is 0.536. The van der Waals surface area contributed by atoms with Gasteiger partial charge in [0.15, 0.2) is 11.5 Å². The number of primary amides is 1. The van der Waals surface area contributed by atoms with Crippen LogP contribution in [0.2, 0.25) is 0 Å². The van der Waals surface area contributed by atoms with Crippen LogP contribution in [0.1, 0.15) is 11.1 Å². The third kappa shape index (κ3) is 4.07. The van der Waals surface area contributed by atoms with E-state index < -0.39 is 5.91 Å². The topological polar surface area (TPSA) is 85.3 Å². The number of fused-ring (bicyclic) bond motifs is 1. The summed E-state index contributed by atoms with van der Waals surface area (Å²) >= 11 is 0. The van der Waals surface area contributed by atoms with Crippen LogP contribution in [0.5, 0.6) is 11.5 Å². The van der Waals surface area contributed by atoms with Crippen LogP contribution in [0, 0.1) is 11.3 Å². The molecule has 0 heterocycles. The summed E-state index contributed by atoms with van der Waals surface area (Å²) in [6.07, 6.45) is 1.42. The van der Waals surface area contributed by atoms with Gasteiger partial charge in [-0.25, -0.2) is 0 Å². The molecular formula is C22H18N2O3. The second-order valence-corrected chi connectivity index (χ2v) is 5.87. The van der Waals surface area contributed by atoms with Gasteiger partial charge in [-0.1, -0.05) is 48.5 Å². The van der Waals surface area contributed by atoms with Crippen LogP contribution in [0.4, 0.5) is 0 Å². The summed E-state index contributed by atoms with van der Waals surface area (Å²) in [6.45, 7) is 0.387. The minimum atomic E-state index is -0.771. The molecule has 0 fully saturated rings. The number of benzene rings is 3. The first-order valence-corrected chi connectivity index (χ1v) is 8.31. The first-order valence-electron chi connectivity index (χ1n) is 8.31. The molecular weight excluding hydrogens is 340 g/mol. The number of amides is 1. The molecule has 0 aliphatic heterocycles. The lowest BCUT2D eigenvalue weighted by Crippen LogP contribution is -2.12. The smallest absolute Gasteiger partial charge is 0.259 e. The highest BCUT2D eigenvalue weighted by atomic mass is 16.5. The van der Waals surface area contributed by atoms with Crippen molar-refractivity contribution in [3.05, 3.63) is 77.4 Å². The van der Waals surface area contributed by atoms with E-state index in [0.29, 0.717) is 23.7 Å². The Morgan fingerprint density at radius 1 is 1.11 bits per heavy atom. The Hall–Kier alpha value is -3.78. The predicted molar refractivity (Wildman–Crippen MR) is 104 cm³/mol. The van der Waals surface area contributed by atoms with E-state index >= 15 is 0 Å². The summed E-state index contributed by atoms with van der Waals surface area (Å²) in [5.41, 5.74) is 6.74. The number of rotatable bonds is 6. The highest BCUT2D eigenvalue weighted by molar-refractivity contribution is 6.00. The summed E-state index contributed by atoms with van der Waals surface area (Å²) in [5.74, 6) is 0.304. The van der Waals surface area contributed by atoms with E-state index in [9.17, 15) is 4.79 Å². The molecule has 3 rings (SSSR count). The van der Waals surface area contributed by atoms with Crippen molar-refractivity contribution in [1.82, 2.24) is 0 Å². The summed E-state index contributed by atoms with van der Waals surface area (Å²) in [5, 5.41) is 11.3. The van der Waals surface area contributed by atoms with Gasteiger partial charge in [0.2, 0.25) is 0 Å². The number of methoxy groups -OCH3 is 1. The SMILES string of the molecule is COc1cc(/C=C(\C#N)C(N)=O)ccc1OCc1cccc2ccccc12. The fourth-order valence-electron chi connectivity index (χ4n) is 2.79. The molecule has 1 amide bonds. The van der Waals surface area contributed by atoms with Crippen LogP contribution in [-0.2, 0) is 11.4 Å². The number of hydrogen-bond donors (Lipinski definition) is 1. The molecule has 5 heteroatoms. The van der Waals surface area contributed by atoms with E-state index in [2.05, 4.69) is 18.2 Å². The Labute approximate surface area is 157 Å². The highest BCUT2D eigenvalue weighted by Gasteiger charge is 2.09. The third-order valence-corrected chi connectivity index (χ3v) is 4.15. The Bertz CT molecular complexity index is 1060. The number of nitrogens with zero attached hydrogens (tertiary/aromatic N) is 1. The number of carbonyl (C=O) groups excluding carboxylic acids is 1. The zero-order valence-corrected chi connectivity index (χ0v) is 14.8. The largest absolute Gasteiger partial charge is 0.493 e. The molecule has 0 bridgehead atoms. The summed E-state index contributed by atoms with van der Waals surface area (Å²) in [6, 6.07) is 21.2. The fraction of sp³-hybridized carbons (Fsp3) is 0.0909. The molecule has 0 unspecified atom stereocenters. The van der Waals surface area contributed by atoms with Gasteiger partial charge >= 0.3 is 0 Å². The Balaban J connectivity index is 1.85. The van der Waals surface area contributed by atoms with Crippen LogP contribution in [0.25, 0.3) is 16.8 Å². The maximum atomic E-state index is 11.2. The molecule has 3 aromatic carbocycles. The second kappa shape index (κ2) is 8.07. The summed E-state index contributed by atoms with van der Waals surface area (Å²) in [7, 11) is 1.53. The highest BCUT2D eigenvalue weighted by Crippen LogP contribution is 2.30. The molecule has 27 heavy (non-hydrogen) atoms. The Morgan fingerprint density at radius 2 is 1.89 bits per heavy atom. The van der Waals surface area contributed by atoms with E-state index in [0.717, 1.165) is 16.3 Å². The lowest BCUT2D eigenvalue weighted by Gasteiger charge is -2.13. The molecule has 0 aromatic heterocycles. The van der Waals surface area contributed by atoms with E-state index in [1.807, 2.05) is 24.3 Å².